The standard InChI is InChI=1S/C12H18FNO/c1-9(2)7-15-8-10-3-4-12(13)11(5-10)6-14/h3-5,9H,6-8,14H2,1-2H3. The van der Waals surface area contributed by atoms with Gasteiger partial charge in [-0.3, -0.25) is 0 Å². The fourth-order valence-corrected chi connectivity index (χ4v) is 1.29. The Balaban J connectivity index is 2.54. The van der Waals surface area contributed by atoms with Crippen molar-refractivity contribution >= 4 is 0 Å². The van der Waals surface area contributed by atoms with Gasteiger partial charge in [0.1, 0.15) is 5.82 Å². The van der Waals surface area contributed by atoms with E-state index in [0.717, 1.165) is 12.2 Å². The third-order valence-corrected chi connectivity index (χ3v) is 2.05. The van der Waals surface area contributed by atoms with Crippen molar-refractivity contribution < 1.29 is 9.13 Å². The maximum Gasteiger partial charge on any atom is 0.127 e. The summed E-state index contributed by atoms with van der Waals surface area (Å²) in [5, 5.41) is 0. The summed E-state index contributed by atoms with van der Waals surface area (Å²) in [5.74, 6) is 0.268. The summed E-state index contributed by atoms with van der Waals surface area (Å²) < 4.78 is 18.6. The van der Waals surface area contributed by atoms with Gasteiger partial charge in [0.15, 0.2) is 0 Å². The van der Waals surface area contributed by atoms with Crippen molar-refractivity contribution in [3.05, 3.63) is 35.1 Å². The van der Waals surface area contributed by atoms with Gasteiger partial charge >= 0.3 is 0 Å². The van der Waals surface area contributed by atoms with Crippen LogP contribution in [0.15, 0.2) is 18.2 Å². The van der Waals surface area contributed by atoms with E-state index in [0.29, 0.717) is 18.1 Å². The van der Waals surface area contributed by atoms with Gasteiger partial charge in [-0.1, -0.05) is 19.9 Å². The van der Waals surface area contributed by atoms with Crippen LogP contribution in [-0.4, -0.2) is 6.61 Å². The van der Waals surface area contributed by atoms with Crippen molar-refractivity contribution in [3.8, 4) is 0 Å². The largest absolute Gasteiger partial charge is 0.377 e. The Morgan fingerprint density at radius 1 is 1.40 bits per heavy atom. The number of hydrogen-bond acceptors (Lipinski definition) is 2. The molecule has 0 aliphatic carbocycles. The molecule has 1 aromatic rings. The zero-order valence-electron chi connectivity index (χ0n) is 9.29. The maximum absolute atomic E-state index is 13.1. The molecule has 0 amide bonds. The Hall–Kier alpha value is -0.930. The van der Waals surface area contributed by atoms with Crippen LogP contribution in [0.5, 0.6) is 0 Å². The normalized spacial score (nSPS) is 11.0. The van der Waals surface area contributed by atoms with Crippen molar-refractivity contribution in [2.75, 3.05) is 6.61 Å². The van der Waals surface area contributed by atoms with Gasteiger partial charge in [-0.05, 0) is 23.6 Å². The number of rotatable bonds is 5. The van der Waals surface area contributed by atoms with Crippen LogP contribution in [0, 0.1) is 11.7 Å². The maximum atomic E-state index is 13.1. The summed E-state index contributed by atoms with van der Waals surface area (Å²) in [5.41, 5.74) is 6.93. The zero-order valence-corrected chi connectivity index (χ0v) is 9.29. The van der Waals surface area contributed by atoms with Gasteiger partial charge in [-0.25, -0.2) is 4.39 Å². The van der Waals surface area contributed by atoms with Gasteiger partial charge < -0.3 is 10.5 Å². The van der Waals surface area contributed by atoms with E-state index in [1.54, 1.807) is 12.1 Å². The number of hydrogen-bond donors (Lipinski definition) is 1. The average Bonchev–Trinajstić information content (AvgIpc) is 2.20. The van der Waals surface area contributed by atoms with Crippen molar-refractivity contribution in [3.63, 3.8) is 0 Å². The molecule has 3 heteroatoms. The van der Waals surface area contributed by atoms with E-state index in [1.807, 2.05) is 0 Å². The summed E-state index contributed by atoms with van der Waals surface area (Å²) >= 11 is 0. The van der Waals surface area contributed by atoms with E-state index in [-0.39, 0.29) is 12.4 Å². The monoisotopic (exact) mass is 211 g/mol. The Labute approximate surface area is 90.2 Å². The molecule has 0 heterocycles. The van der Waals surface area contributed by atoms with Crippen LogP contribution in [0.2, 0.25) is 0 Å². The number of ether oxygens (including phenoxy) is 1. The predicted molar refractivity (Wildman–Crippen MR) is 58.8 cm³/mol. The zero-order chi connectivity index (χ0) is 11.3. The van der Waals surface area contributed by atoms with Crippen molar-refractivity contribution in [2.24, 2.45) is 11.7 Å². The van der Waals surface area contributed by atoms with E-state index < -0.39 is 0 Å². The molecule has 0 unspecified atom stereocenters. The first-order chi connectivity index (χ1) is 7.13. The topological polar surface area (TPSA) is 35.2 Å². The van der Waals surface area contributed by atoms with Gasteiger partial charge in [0.25, 0.3) is 0 Å². The number of nitrogens with two attached hydrogens (primary N) is 1. The molecule has 0 bridgehead atoms. The second-order valence-electron chi connectivity index (χ2n) is 4.04. The second-order valence-corrected chi connectivity index (χ2v) is 4.04. The number of benzene rings is 1. The molecule has 1 aromatic carbocycles. The Morgan fingerprint density at radius 3 is 2.73 bits per heavy atom. The van der Waals surface area contributed by atoms with Crippen molar-refractivity contribution in [1.29, 1.82) is 0 Å². The van der Waals surface area contributed by atoms with Crippen LogP contribution in [0.4, 0.5) is 4.39 Å². The molecule has 0 fully saturated rings. The van der Waals surface area contributed by atoms with Crippen molar-refractivity contribution in [1.82, 2.24) is 0 Å². The lowest BCUT2D eigenvalue weighted by Gasteiger charge is -2.08. The molecule has 0 saturated carbocycles. The van der Waals surface area contributed by atoms with Crippen LogP contribution in [-0.2, 0) is 17.9 Å². The fourth-order valence-electron chi connectivity index (χ4n) is 1.29. The molecular weight excluding hydrogens is 193 g/mol. The van der Waals surface area contributed by atoms with Gasteiger partial charge in [-0.15, -0.1) is 0 Å². The fraction of sp³-hybridized carbons (Fsp3) is 0.500. The second kappa shape index (κ2) is 5.83. The highest BCUT2D eigenvalue weighted by molar-refractivity contribution is 5.24. The highest BCUT2D eigenvalue weighted by atomic mass is 19.1. The average molecular weight is 211 g/mol. The Kier molecular flexibility index (Phi) is 4.72. The Morgan fingerprint density at radius 2 is 2.13 bits per heavy atom. The minimum atomic E-state index is -0.245. The molecule has 0 atom stereocenters. The molecule has 0 spiro atoms. The van der Waals surface area contributed by atoms with Gasteiger partial charge in [-0.2, -0.15) is 0 Å². The molecule has 0 aliphatic heterocycles. The minimum absolute atomic E-state index is 0.226. The quantitative estimate of drug-likeness (QED) is 0.812. The smallest absolute Gasteiger partial charge is 0.127 e. The van der Waals surface area contributed by atoms with E-state index in [2.05, 4.69) is 13.8 Å². The summed E-state index contributed by atoms with van der Waals surface area (Å²) in [6, 6.07) is 4.93. The summed E-state index contributed by atoms with van der Waals surface area (Å²) in [7, 11) is 0. The van der Waals surface area contributed by atoms with Crippen LogP contribution in [0.25, 0.3) is 0 Å². The lowest BCUT2D eigenvalue weighted by molar-refractivity contribution is 0.0970. The molecule has 0 radical (unpaired) electrons. The highest BCUT2D eigenvalue weighted by Gasteiger charge is 2.02. The first kappa shape index (κ1) is 12.1. The van der Waals surface area contributed by atoms with Gasteiger partial charge in [0, 0.05) is 18.7 Å². The molecular formula is C12H18FNO. The molecule has 2 N–H and O–H groups in total. The van der Waals surface area contributed by atoms with E-state index in [9.17, 15) is 4.39 Å². The van der Waals surface area contributed by atoms with E-state index in [1.165, 1.54) is 6.07 Å². The first-order valence-corrected chi connectivity index (χ1v) is 5.18. The molecule has 0 aromatic heterocycles. The summed E-state index contributed by atoms with van der Waals surface area (Å²) in [6.07, 6.45) is 0. The molecule has 84 valence electrons. The van der Waals surface area contributed by atoms with E-state index >= 15 is 0 Å². The number of halogens is 1. The van der Waals surface area contributed by atoms with Crippen molar-refractivity contribution in [2.45, 2.75) is 27.0 Å². The van der Waals surface area contributed by atoms with E-state index in [4.69, 9.17) is 10.5 Å². The summed E-state index contributed by atoms with van der Waals surface area (Å²) in [4.78, 5) is 0. The van der Waals surface area contributed by atoms with Gasteiger partial charge in [0.05, 0.1) is 6.61 Å². The lowest BCUT2D eigenvalue weighted by atomic mass is 10.1. The summed E-state index contributed by atoms with van der Waals surface area (Å²) in [6.45, 7) is 5.65. The molecule has 0 aliphatic rings. The molecule has 1 rings (SSSR count). The van der Waals surface area contributed by atoms with Crippen LogP contribution in [0.3, 0.4) is 0 Å². The third-order valence-electron chi connectivity index (χ3n) is 2.05. The SMILES string of the molecule is CC(C)COCc1ccc(F)c(CN)c1. The highest BCUT2D eigenvalue weighted by Crippen LogP contribution is 2.11. The van der Waals surface area contributed by atoms with Crippen LogP contribution >= 0.6 is 0 Å². The molecule has 15 heavy (non-hydrogen) atoms. The first-order valence-electron chi connectivity index (χ1n) is 5.18. The molecule has 0 saturated heterocycles. The lowest BCUT2D eigenvalue weighted by Crippen LogP contribution is -2.04. The predicted octanol–water partition coefficient (Wildman–Crippen LogP) is 2.46. The molecule has 2 nitrogen and oxygen atoms in total. The Bertz CT molecular complexity index is 312. The third kappa shape index (κ3) is 3.98. The van der Waals surface area contributed by atoms with Gasteiger partial charge in [0.2, 0.25) is 0 Å². The minimum Gasteiger partial charge on any atom is -0.377 e. The van der Waals surface area contributed by atoms with Crippen LogP contribution in [0.1, 0.15) is 25.0 Å². The van der Waals surface area contributed by atoms with Crippen LogP contribution < -0.4 is 5.73 Å².